The molecule has 4 nitrogen and oxygen atoms in total. The molecular weight excluding hydrogens is 226 g/mol. The van der Waals surface area contributed by atoms with E-state index in [2.05, 4.69) is 10.5 Å². The van der Waals surface area contributed by atoms with Gasteiger partial charge in [0, 0.05) is 20.0 Å². The standard InChI is InChI=1S/C14H21N3O/c1-5-17(6-2)14(12(4)18)16-15-13-9-7-8-11(3)10-13/h7-10,15H,5-6H2,1-4H3/b16-14-. The third-order valence-electron chi connectivity index (χ3n) is 2.69. The summed E-state index contributed by atoms with van der Waals surface area (Å²) in [7, 11) is 0. The maximum absolute atomic E-state index is 11.6. The fourth-order valence-corrected chi connectivity index (χ4v) is 1.73. The van der Waals surface area contributed by atoms with Gasteiger partial charge in [-0.2, -0.15) is 5.10 Å². The molecule has 0 saturated heterocycles. The minimum Gasteiger partial charge on any atom is -0.353 e. The lowest BCUT2D eigenvalue weighted by molar-refractivity contribution is -0.111. The Labute approximate surface area is 109 Å². The lowest BCUT2D eigenvalue weighted by atomic mass is 10.2. The van der Waals surface area contributed by atoms with Gasteiger partial charge < -0.3 is 4.90 Å². The van der Waals surface area contributed by atoms with Crippen molar-refractivity contribution >= 4 is 17.3 Å². The zero-order chi connectivity index (χ0) is 13.5. The van der Waals surface area contributed by atoms with E-state index < -0.39 is 0 Å². The number of Topliss-reactive ketones (excluding diaryl/α,β-unsaturated/α-hetero) is 1. The van der Waals surface area contributed by atoms with Gasteiger partial charge in [-0.3, -0.25) is 10.2 Å². The summed E-state index contributed by atoms with van der Waals surface area (Å²) in [5, 5.41) is 4.22. The minimum atomic E-state index is -0.0288. The van der Waals surface area contributed by atoms with Crippen LogP contribution in [0.15, 0.2) is 29.4 Å². The summed E-state index contributed by atoms with van der Waals surface area (Å²) in [4.78, 5) is 13.5. The second-order valence-electron chi connectivity index (χ2n) is 4.15. The molecule has 0 unspecified atom stereocenters. The third-order valence-corrected chi connectivity index (χ3v) is 2.69. The van der Waals surface area contributed by atoms with Crippen LogP contribution in [0.5, 0.6) is 0 Å². The number of aryl methyl sites for hydroxylation is 1. The number of carbonyl (C=O) groups is 1. The molecular formula is C14H21N3O. The van der Waals surface area contributed by atoms with Crippen LogP contribution in [0.2, 0.25) is 0 Å². The van der Waals surface area contributed by atoms with Crippen LogP contribution in [-0.2, 0) is 4.79 Å². The molecule has 18 heavy (non-hydrogen) atoms. The summed E-state index contributed by atoms with van der Waals surface area (Å²) in [5.41, 5.74) is 4.99. The predicted octanol–water partition coefficient (Wildman–Crippen LogP) is 2.65. The highest BCUT2D eigenvalue weighted by molar-refractivity contribution is 6.37. The number of benzene rings is 1. The second-order valence-corrected chi connectivity index (χ2v) is 4.15. The van der Waals surface area contributed by atoms with Gasteiger partial charge >= 0.3 is 0 Å². The number of nitrogens with zero attached hydrogens (tertiary/aromatic N) is 2. The number of nitrogens with one attached hydrogen (secondary N) is 1. The van der Waals surface area contributed by atoms with E-state index in [9.17, 15) is 4.79 Å². The molecule has 98 valence electrons. The summed E-state index contributed by atoms with van der Waals surface area (Å²) in [6.45, 7) is 9.11. The van der Waals surface area contributed by atoms with Gasteiger partial charge in [-0.25, -0.2) is 0 Å². The first-order valence-electron chi connectivity index (χ1n) is 6.24. The molecule has 0 spiro atoms. The number of likely N-dealkylation sites (N-methyl/N-ethyl adjacent to an activating group) is 1. The Morgan fingerprint density at radius 2 is 2.00 bits per heavy atom. The average Bonchev–Trinajstić information content (AvgIpc) is 2.34. The Hall–Kier alpha value is -1.84. The van der Waals surface area contributed by atoms with Crippen molar-refractivity contribution in [2.75, 3.05) is 18.5 Å². The molecule has 0 fully saturated rings. The smallest absolute Gasteiger partial charge is 0.196 e. The number of hydrogen-bond donors (Lipinski definition) is 1. The van der Waals surface area contributed by atoms with Crippen LogP contribution in [0.1, 0.15) is 26.3 Å². The van der Waals surface area contributed by atoms with Gasteiger partial charge in [0.25, 0.3) is 0 Å². The fraction of sp³-hybridized carbons (Fsp3) is 0.429. The molecule has 0 aliphatic carbocycles. The van der Waals surface area contributed by atoms with Gasteiger partial charge in [0.1, 0.15) is 0 Å². The Kier molecular flexibility index (Phi) is 5.36. The van der Waals surface area contributed by atoms with E-state index >= 15 is 0 Å². The van der Waals surface area contributed by atoms with Gasteiger partial charge in [0.05, 0.1) is 5.69 Å². The van der Waals surface area contributed by atoms with Crippen molar-refractivity contribution in [1.82, 2.24) is 4.90 Å². The van der Waals surface area contributed by atoms with Crippen LogP contribution in [0, 0.1) is 6.92 Å². The molecule has 0 saturated carbocycles. The van der Waals surface area contributed by atoms with Crippen molar-refractivity contribution in [3.8, 4) is 0 Å². The first kappa shape index (κ1) is 14.2. The lowest BCUT2D eigenvalue weighted by Gasteiger charge is -2.20. The van der Waals surface area contributed by atoms with E-state index in [1.54, 1.807) is 0 Å². The highest BCUT2D eigenvalue weighted by atomic mass is 16.1. The molecule has 0 aromatic heterocycles. The van der Waals surface area contributed by atoms with Crippen molar-refractivity contribution in [2.24, 2.45) is 5.10 Å². The molecule has 4 heteroatoms. The van der Waals surface area contributed by atoms with Crippen molar-refractivity contribution in [2.45, 2.75) is 27.7 Å². The van der Waals surface area contributed by atoms with E-state index in [1.807, 2.05) is 49.9 Å². The first-order chi connectivity index (χ1) is 8.58. The molecule has 0 amide bonds. The molecule has 1 rings (SSSR count). The monoisotopic (exact) mass is 247 g/mol. The molecule has 0 radical (unpaired) electrons. The highest BCUT2D eigenvalue weighted by Gasteiger charge is 2.12. The zero-order valence-electron chi connectivity index (χ0n) is 11.5. The van der Waals surface area contributed by atoms with Crippen molar-refractivity contribution < 1.29 is 4.79 Å². The Bertz CT molecular complexity index is 436. The molecule has 1 N–H and O–H groups in total. The topological polar surface area (TPSA) is 44.7 Å². The van der Waals surface area contributed by atoms with E-state index in [0.717, 1.165) is 24.3 Å². The quantitative estimate of drug-likeness (QED) is 0.494. The number of anilines is 1. The summed E-state index contributed by atoms with van der Waals surface area (Å²) >= 11 is 0. The van der Waals surface area contributed by atoms with E-state index in [4.69, 9.17) is 0 Å². The Balaban J connectivity index is 2.87. The Morgan fingerprint density at radius 1 is 1.33 bits per heavy atom. The maximum atomic E-state index is 11.6. The number of rotatable bonds is 5. The number of ketones is 1. The molecule has 0 bridgehead atoms. The SMILES string of the molecule is CCN(CC)/C(=N\Nc1cccc(C)c1)C(C)=O. The minimum absolute atomic E-state index is 0.0288. The van der Waals surface area contributed by atoms with Crippen LogP contribution < -0.4 is 5.43 Å². The predicted molar refractivity (Wildman–Crippen MR) is 75.8 cm³/mol. The average molecular weight is 247 g/mol. The zero-order valence-corrected chi connectivity index (χ0v) is 11.5. The normalized spacial score (nSPS) is 11.2. The van der Waals surface area contributed by atoms with Crippen molar-refractivity contribution in [1.29, 1.82) is 0 Å². The van der Waals surface area contributed by atoms with Gasteiger partial charge in [-0.15, -0.1) is 0 Å². The van der Waals surface area contributed by atoms with E-state index in [-0.39, 0.29) is 5.78 Å². The third kappa shape index (κ3) is 3.87. The number of hydrazone groups is 1. The second kappa shape index (κ2) is 6.79. The van der Waals surface area contributed by atoms with Crippen molar-refractivity contribution in [3.63, 3.8) is 0 Å². The van der Waals surface area contributed by atoms with Gasteiger partial charge in [-0.05, 0) is 38.5 Å². The van der Waals surface area contributed by atoms with E-state index in [1.165, 1.54) is 6.92 Å². The summed E-state index contributed by atoms with van der Waals surface area (Å²) < 4.78 is 0. The molecule has 1 aromatic rings. The number of hydrogen-bond acceptors (Lipinski definition) is 3. The summed E-state index contributed by atoms with van der Waals surface area (Å²) in [5.74, 6) is 0.445. The molecule has 0 atom stereocenters. The first-order valence-corrected chi connectivity index (χ1v) is 6.24. The van der Waals surface area contributed by atoms with Gasteiger partial charge in [-0.1, -0.05) is 12.1 Å². The maximum Gasteiger partial charge on any atom is 0.196 e. The van der Waals surface area contributed by atoms with Gasteiger partial charge in [0.15, 0.2) is 11.6 Å². The molecule has 0 heterocycles. The van der Waals surface area contributed by atoms with Crippen LogP contribution in [0.3, 0.4) is 0 Å². The fourth-order valence-electron chi connectivity index (χ4n) is 1.73. The number of carbonyl (C=O) groups excluding carboxylic acids is 1. The molecule has 0 aliphatic rings. The summed E-state index contributed by atoms with van der Waals surface area (Å²) in [6.07, 6.45) is 0. The highest BCUT2D eigenvalue weighted by Crippen LogP contribution is 2.09. The van der Waals surface area contributed by atoms with Crippen LogP contribution in [-0.4, -0.2) is 29.6 Å². The molecule has 1 aromatic carbocycles. The lowest BCUT2D eigenvalue weighted by Crippen LogP contribution is -2.36. The largest absolute Gasteiger partial charge is 0.353 e. The van der Waals surface area contributed by atoms with Crippen LogP contribution in [0.4, 0.5) is 5.69 Å². The number of amidine groups is 1. The Morgan fingerprint density at radius 3 is 2.50 bits per heavy atom. The van der Waals surface area contributed by atoms with Crippen molar-refractivity contribution in [3.05, 3.63) is 29.8 Å². The van der Waals surface area contributed by atoms with Crippen LogP contribution >= 0.6 is 0 Å². The summed E-state index contributed by atoms with van der Waals surface area (Å²) in [6, 6.07) is 7.89. The van der Waals surface area contributed by atoms with Gasteiger partial charge in [0.2, 0.25) is 0 Å². The molecule has 0 aliphatic heterocycles. The van der Waals surface area contributed by atoms with E-state index in [0.29, 0.717) is 5.84 Å². The van der Waals surface area contributed by atoms with Crippen LogP contribution in [0.25, 0.3) is 0 Å².